The molecule has 0 N–H and O–H groups in total. The fraction of sp³-hybridized carbons (Fsp3) is 0.103. The molecule has 0 aliphatic heterocycles. The van der Waals surface area contributed by atoms with Crippen LogP contribution in [-0.2, 0) is 10.8 Å². The predicted octanol–water partition coefficient (Wildman–Crippen LogP) is 15.1. The van der Waals surface area contributed by atoms with E-state index in [-0.39, 0.29) is 10.8 Å². The maximum atomic E-state index is 5.44. The number of fused-ring (bicyclic) bond motifs is 6. The third-order valence-electron chi connectivity index (χ3n) is 13.1. The van der Waals surface area contributed by atoms with E-state index in [1.165, 1.54) is 61.2 Å². The zero-order valence-corrected chi connectivity index (χ0v) is 34.4. The highest BCUT2D eigenvalue weighted by Gasteiger charge is 2.42. The normalized spacial score (nSPS) is 13.9. The molecule has 2 heteroatoms. The molecule has 0 bridgehead atoms. The van der Waals surface area contributed by atoms with Gasteiger partial charge in [0.2, 0.25) is 0 Å². The van der Waals surface area contributed by atoms with Crippen LogP contribution in [0.5, 0.6) is 0 Å². The average Bonchev–Trinajstić information content (AvgIpc) is 3.68. The maximum Gasteiger partial charge on any atom is 0.0973 e. The van der Waals surface area contributed by atoms with Crippen LogP contribution in [0.25, 0.3) is 89.5 Å². The molecule has 0 atom stereocenters. The monoisotopic (exact) mass is 768 g/mol. The SMILES string of the molecule is CC1(C)c2ccccc2-c2cc3c(cc21)-c1c(-c2ccc(-c4ccc(-c5nc(-c6ccccc6)c(-c6ccccc6)nc5-c5ccccc5)cc4)cc2)cccc1C3(C)C. The Balaban J connectivity index is 0.968. The molecule has 0 spiro atoms. The molecule has 0 unspecified atom stereocenters. The molecular weight excluding hydrogens is 725 g/mol. The van der Waals surface area contributed by atoms with E-state index < -0.39 is 0 Å². The van der Waals surface area contributed by atoms with Crippen molar-refractivity contribution in [3.63, 3.8) is 0 Å². The molecule has 8 aromatic carbocycles. The summed E-state index contributed by atoms with van der Waals surface area (Å²) in [4.78, 5) is 10.8. The number of benzene rings is 8. The van der Waals surface area contributed by atoms with Crippen molar-refractivity contribution in [1.29, 1.82) is 0 Å². The minimum Gasteiger partial charge on any atom is -0.243 e. The standard InChI is InChI=1S/C58H44N2/c1-57(2)48-25-15-14-23-45(48)46-35-51-47(36-50(46)57)52-44(24-16-26-49(52)58(51,3)4)39-31-27-37(28-32-39)38-29-33-43(34-30-38)56-55(42-21-12-7-13-22-42)59-53(40-17-8-5-9-18-40)54(60-56)41-19-10-6-11-20-41/h5-36H,1-4H3. The maximum absolute atomic E-state index is 5.44. The van der Waals surface area contributed by atoms with Gasteiger partial charge in [0.15, 0.2) is 0 Å². The van der Waals surface area contributed by atoms with Crippen LogP contribution in [0.3, 0.4) is 0 Å². The van der Waals surface area contributed by atoms with Gasteiger partial charge in [-0.25, -0.2) is 9.97 Å². The zero-order chi connectivity index (χ0) is 40.6. The van der Waals surface area contributed by atoms with E-state index in [1.807, 2.05) is 18.2 Å². The summed E-state index contributed by atoms with van der Waals surface area (Å²) in [6.07, 6.45) is 0. The van der Waals surface area contributed by atoms with E-state index in [0.29, 0.717) is 0 Å². The van der Waals surface area contributed by atoms with Gasteiger partial charge in [-0.15, -0.1) is 0 Å². The first-order valence-corrected chi connectivity index (χ1v) is 21.0. The smallest absolute Gasteiger partial charge is 0.0973 e. The van der Waals surface area contributed by atoms with E-state index in [1.54, 1.807) is 0 Å². The number of aromatic nitrogens is 2. The summed E-state index contributed by atoms with van der Waals surface area (Å²) >= 11 is 0. The highest BCUT2D eigenvalue weighted by Crippen LogP contribution is 2.57. The summed E-state index contributed by atoms with van der Waals surface area (Å²) in [5.74, 6) is 0. The van der Waals surface area contributed by atoms with Crippen molar-refractivity contribution in [2.24, 2.45) is 0 Å². The third kappa shape index (κ3) is 5.62. The molecule has 60 heavy (non-hydrogen) atoms. The van der Waals surface area contributed by atoms with E-state index in [4.69, 9.17) is 9.97 Å². The van der Waals surface area contributed by atoms with E-state index in [9.17, 15) is 0 Å². The molecule has 0 radical (unpaired) electrons. The molecule has 0 saturated carbocycles. The zero-order valence-electron chi connectivity index (χ0n) is 34.4. The van der Waals surface area contributed by atoms with Gasteiger partial charge in [-0.05, 0) is 78.9 Å². The lowest BCUT2D eigenvalue weighted by molar-refractivity contribution is 0.652. The van der Waals surface area contributed by atoms with Crippen LogP contribution in [0.2, 0.25) is 0 Å². The van der Waals surface area contributed by atoms with Crippen molar-refractivity contribution in [2.45, 2.75) is 38.5 Å². The average molecular weight is 769 g/mol. The van der Waals surface area contributed by atoms with Gasteiger partial charge >= 0.3 is 0 Å². The van der Waals surface area contributed by atoms with E-state index >= 15 is 0 Å². The predicted molar refractivity (Wildman–Crippen MR) is 250 cm³/mol. The highest BCUT2D eigenvalue weighted by atomic mass is 14.9. The van der Waals surface area contributed by atoms with Crippen molar-refractivity contribution >= 4 is 0 Å². The molecule has 0 saturated heterocycles. The Morgan fingerprint density at radius 3 is 1.17 bits per heavy atom. The molecule has 11 rings (SSSR count). The number of nitrogens with zero attached hydrogens (tertiary/aromatic N) is 2. The second kappa shape index (κ2) is 13.7. The molecule has 2 aliphatic rings. The van der Waals surface area contributed by atoms with Crippen molar-refractivity contribution in [3.05, 3.63) is 216 Å². The Morgan fingerprint density at radius 2 is 0.633 bits per heavy atom. The Morgan fingerprint density at radius 1 is 0.267 bits per heavy atom. The lowest BCUT2D eigenvalue weighted by Gasteiger charge is -2.24. The van der Waals surface area contributed by atoms with Crippen LogP contribution in [0.1, 0.15) is 49.9 Å². The molecule has 1 heterocycles. The first-order valence-electron chi connectivity index (χ1n) is 21.0. The largest absolute Gasteiger partial charge is 0.243 e. The van der Waals surface area contributed by atoms with Crippen molar-refractivity contribution in [1.82, 2.24) is 9.97 Å². The van der Waals surface area contributed by atoms with E-state index in [2.05, 4.69) is 204 Å². The minimum absolute atomic E-state index is 0.0501. The first-order chi connectivity index (χ1) is 29.3. The van der Waals surface area contributed by atoms with Gasteiger partial charge in [0, 0.05) is 33.1 Å². The first kappa shape index (κ1) is 36.0. The van der Waals surface area contributed by atoms with Gasteiger partial charge in [-0.3, -0.25) is 0 Å². The Labute approximate surface area is 353 Å². The Hall–Kier alpha value is -7.16. The molecule has 286 valence electrons. The topological polar surface area (TPSA) is 25.8 Å². The van der Waals surface area contributed by atoms with Gasteiger partial charge in [0.25, 0.3) is 0 Å². The molecule has 2 nitrogen and oxygen atoms in total. The summed E-state index contributed by atoms with van der Waals surface area (Å²) in [6.45, 7) is 9.53. The fourth-order valence-electron chi connectivity index (χ4n) is 9.91. The summed E-state index contributed by atoms with van der Waals surface area (Å²) in [5, 5.41) is 0. The van der Waals surface area contributed by atoms with E-state index in [0.717, 1.165) is 50.6 Å². The van der Waals surface area contributed by atoms with Crippen LogP contribution in [0, 0.1) is 0 Å². The van der Waals surface area contributed by atoms with Gasteiger partial charge in [0.05, 0.1) is 22.8 Å². The van der Waals surface area contributed by atoms with Crippen LogP contribution < -0.4 is 0 Å². The van der Waals surface area contributed by atoms with Crippen LogP contribution in [0.4, 0.5) is 0 Å². The van der Waals surface area contributed by atoms with Crippen LogP contribution in [0.15, 0.2) is 194 Å². The van der Waals surface area contributed by atoms with Crippen molar-refractivity contribution < 1.29 is 0 Å². The summed E-state index contributed by atoms with van der Waals surface area (Å²) in [5.41, 5.74) is 23.5. The molecule has 1 aromatic heterocycles. The van der Waals surface area contributed by atoms with Crippen LogP contribution >= 0.6 is 0 Å². The number of rotatable bonds is 6. The highest BCUT2D eigenvalue weighted by molar-refractivity contribution is 5.96. The fourth-order valence-corrected chi connectivity index (χ4v) is 9.91. The van der Waals surface area contributed by atoms with Gasteiger partial charge in [0.1, 0.15) is 0 Å². The summed E-state index contributed by atoms with van der Waals surface area (Å²) < 4.78 is 0. The lowest BCUT2D eigenvalue weighted by atomic mass is 9.79. The van der Waals surface area contributed by atoms with Gasteiger partial charge in [-0.1, -0.05) is 210 Å². The van der Waals surface area contributed by atoms with Crippen molar-refractivity contribution in [3.8, 4) is 89.5 Å². The van der Waals surface area contributed by atoms with Crippen LogP contribution in [-0.4, -0.2) is 9.97 Å². The molecule has 9 aromatic rings. The molecule has 2 aliphatic carbocycles. The van der Waals surface area contributed by atoms with Gasteiger partial charge < -0.3 is 0 Å². The second-order valence-electron chi connectivity index (χ2n) is 17.3. The van der Waals surface area contributed by atoms with Crippen molar-refractivity contribution in [2.75, 3.05) is 0 Å². The third-order valence-corrected chi connectivity index (χ3v) is 13.1. The Kier molecular flexibility index (Phi) is 8.22. The minimum atomic E-state index is -0.104. The van der Waals surface area contributed by atoms with Gasteiger partial charge in [-0.2, -0.15) is 0 Å². The second-order valence-corrected chi connectivity index (χ2v) is 17.3. The molecular formula is C58H44N2. The summed E-state index contributed by atoms with van der Waals surface area (Å²) in [7, 11) is 0. The quantitative estimate of drug-likeness (QED) is 0.168. The lowest BCUT2D eigenvalue weighted by Crippen LogP contribution is -2.16. The Bertz CT molecular complexity index is 3090. The summed E-state index contributed by atoms with van der Waals surface area (Å²) in [6, 6.07) is 70.0. The number of hydrogen-bond acceptors (Lipinski definition) is 2. The number of hydrogen-bond donors (Lipinski definition) is 0. The molecule has 0 fully saturated rings. The molecule has 0 amide bonds.